The highest BCUT2D eigenvalue weighted by atomic mass is 19.1. The van der Waals surface area contributed by atoms with E-state index in [1.54, 1.807) is 13.1 Å². The highest BCUT2D eigenvalue weighted by Crippen LogP contribution is 2.35. The quantitative estimate of drug-likeness (QED) is 0.464. The number of aliphatic imine (C=N–C) groups is 1. The maximum atomic E-state index is 13.5. The summed E-state index contributed by atoms with van der Waals surface area (Å²) in [6.07, 6.45) is 6.06. The topological polar surface area (TPSA) is 12.4 Å². The minimum absolute atomic E-state index is 0.233. The smallest absolute Gasteiger partial charge is 0.146 e. The van der Waals surface area contributed by atoms with Crippen LogP contribution >= 0.6 is 0 Å². The summed E-state index contributed by atoms with van der Waals surface area (Å²) in [5.41, 5.74) is 1.04. The van der Waals surface area contributed by atoms with Gasteiger partial charge in [0.1, 0.15) is 5.83 Å². The molecular weight excluding hydrogens is 177 g/mol. The van der Waals surface area contributed by atoms with Crippen molar-refractivity contribution >= 4 is 6.21 Å². The van der Waals surface area contributed by atoms with Crippen LogP contribution in [0.3, 0.4) is 0 Å². The number of hydrogen-bond donors (Lipinski definition) is 0. The van der Waals surface area contributed by atoms with Gasteiger partial charge in [-0.1, -0.05) is 19.4 Å². The first-order valence-electron chi connectivity index (χ1n) is 5.18. The second-order valence-corrected chi connectivity index (χ2v) is 3.91. The van der Waals surface area contributed by atoms with E-state index >= 15 is 0 Å². The van der Waals surface area contributed by atoms with Crippen molar-refractivity contribution in [1.29, 1.82) is 0 Å². The van der Waals surface area contributed by atoms with Crippen LogP contribution in [0.5, 0.6) is 0 Å². The Kier molecular flexibility index (Phi) is 4.05. The Bertz CT molecular complexity index is 272. The van der Waals surface area contributed by atoms with Crippen molar-refractivity contribution in [2.24, 2.45) is 10.9 Å². The molecule has 1 saturated carbocycles. The number of allylic oxidation sites excluding steroid dienone is 3. The second-order valence-electron chi connectivity index (χ2n) is 3.91. The van der Waals surface area contributed by atoms with Crippen molar-refractivity contribution in [3.8, 4) is 0 Å². The average Bonchev–Trinajstić information content (AvgIpc) is 2.94. The van der Waals surface area contributed by atoms with Crippen LogP contribution in [0.4, 0.5) is 4.39 Å². The van der Waals surface area contributed by atoms with Crippen molar-refractivity contribution in [3.05, 3.63) is 23.7 Å². The average molecular weight is 195 g/mol. The van der Waals surface area contributed by atoms with E-state index in [0.717, 1.165) is 18.8 Å². The zero-order valence-corrected chi connectivity index (χ0v) is 9.02. The Morgan fingerprint density at radius 1 is 1.57 bits per heavy atom. The molecule has 14 heavy (non-hydrogen) atoms. The molecule has 1 aliphatic carbocycles. The maximum absolute atomic E-state index is 13.5. The van der Waals surface area contributed by atoms with Gasteiger partial charge in [0.15, 0.2) is 0 Å². The van der Waals surface area contributed by atoms with Gasteiger partial charge in [-0.2, -0.15) is 0 Å². The van der Waals surface area contributed by atoms with Crippen LogP contribution < -0.4 is 0 Å². The Labute approximate surface area is 85.4 Å². The van der Waals surface area contributed by atoms with Crippen LogP contribution in [0, 0.1) is 5.92 Å². The summed E-state index contributed by atoms with van der Waals surface area (Å²) in [5.74, 6) is 0.582. The largest absolute Gasteiger partial charge is 0.263 e. The first-order chi connectivity index (χ1) is 6.65. The summed E-state index contributed by atoms with van der Waals surface area (Å²) in [5, 5.41) is 0. The molecule has 1 fully saturated rings. The first kappa shape index (κ1) is 11.2. The molecule has 1 rings (SSSR count). The lowest BCUT2D eigenvalue weighted by Gasteiger charge is -2.03. The molecule has 0 aliphatic heterocycles. The van der Waals surface area contributed by atoms with E-state index in [1.165, 1.54) is 12.8 Å². The summed E-state index contributed by atoms with van der Waals surface area (Å²) in [6.45, 7) is 7.08. The molecule has 0 aromatic heterocycles. The first-order valence-corrected chi connectivity index (χ1v) is 5.18. The minimum atomic E-state index is -0.233. The lowest BCUT2D eigenvalue weighted by atomic mass is 10.1. The molecule has 0 aromatic carbocycles. The third kappa shape index (κ3) is 3.44. The molecule has 0 bridgehead atoms. The molecule has 0 aromatic rings. The molecule has 0 saturated heterocycles. The molecule has 0 heterocycles. The van der Waals surface area contributed by atoms with Crippen molar-refractivity contribution in [3.63, 3.8) is 0 Å². The summed E-state index contributed by atoms with van der Waals surface area (Å²) < 4.78 is 13.5. The standard InChI is InChI=1S/C12H18FN/c1-4-14-11(12(13)9(2)3)8-7-10-5-6-10/h4,10H,2,5-8H2,1,3H3/b12-11+,14-4-. The number of halogens is 1. The zero-order chi connectivity index (χ0) is 10.6. The van der Waals surface area contributed by atoms with Gasteiger partial charge in [0, 0.05) is 6.21 Å². The molecule has 1 nitrogen and oxygen atoms in total. The monoisotopic (exact) mass is 195 g/mol. The second kappa shape index (κ2) is 5.08. The molecule has 2 heteroatoms. The van der Waals surface area contributed by atoms with Crippen LogP contribution in [0.25, 0.3) is 0 Å². The summed E-state index contributed by atoms with van der Waals surface area (Å²) in [7, 11) is 0. The summed E-state index contributed by atoms with van der Waals surface area (Å²) >= 11 is 0. The Morgan fingerprint density at radius 3 is 2.64 bits per heavy atom. The predicted octanol–water partition coefficient (Wildman–Crippen LogP) is 4.02. The zero-order valence-electron chi connectivity index (χ0n) is 9.02. The molecule has 0 spiro atoms. The van der Waals surface area contributed by atoms with E-state index in [1.807, 2.05) is 6.92 Å². The fraction of sp³-hybridized carbons (Fsp3) is 0.583. The predicted molar refractivity (Wildman–Crippen MR) is 59.1 cm³/mol. The van der Waals surface area contributed by atoms with Crippen molar-refractivity contribution in [2.75, 3.05) is 0 Å². The lowest BCUT2D eigenvalue weighted by molar-refractivity contribution is 0.614. The van der Waals surface area contributed by atoms with Crippen LogP contribution in [-0.4, -0.2) is 6.21 Å². The maximum Gasteiger partial charge on any atom is 0.146 e. The van der Waals surface area contributed by atoms with E-state index in [-0.39, 0.29) is 5.83 Å². The van der Waals surface area contributed by atoms with Gasteiger partial charge in [0.2, 0.25) is 0 Å². The fourth-order valence-electron chi connectivity index (χ4n) is 1.38. The van der Waals surface area contributed by atoms with Gasteiger partial charge in [-0.15, -0.1) is 0 Å². The van der Waals surface area contributed by atoms with E-state index in [2.05, 4.69) is 11.6 Å². The van der Waals surface area contributed by atoms with Crippen molar-refractivity contribution < 1.29 is 4.39 Å². The SMILES string of the molecule is C=C(C)/C(F)=C(CCC1CC1)\N=C/C. The highest BCUT2D eigenvalue weighted by molar-refractivity contribution is 5.55. The summed E-state index contributed by atoms with van der Waals surface area (Å²) in [6, 6.07) is 0. The van der Waals surface area contributed by atoms with Crippen LogP contribution in [0.2, 0.25) is 0 Å². The van der Waals surface area contributed by atoms with Crippen LogP contribution in [0.15, 0.2) is 28.7 Å². The van der Waals surface area contributed by atoms with Gasteiger partial charge in [-0.25, -0.2) is 4.39 Å². The van der Waals surface area contributed by atoms with Crippen molar-refractivity contribution in [2.45, 2.75) is 39.5 Å². The van der Waals surface area contributed by atoms with Crippen LogP contribution in [-0.2, 0) is 0 Å². The van der Waals surface area contributed by atoms with E-state index in [0.29, 0.717) is 11.3 Å². The fourth-order valence-corrected chi connectivity index (χ4v) is 1.38. The Balaban J connectivity index is 2.60. The van der Waals surface area contributed by atoms with Gasteiger partial charge < -0.3 is 0 Å². The van der Waals surface area contributed by atoms with Crippen LogP contribution in [0.1, 0.15) is 39.5 Å². The molecule has 0 atom stereocenters. The molecular formula is C12H18FN. The molecule has 78 valence electrons. The Morgan fingerprint density at radius 2 is 2.21 bits per heavy atom. The molecule has 0 amide bonds. The van der Waals surface area contributed by atoms with E-state index in [9.17, 15) is 4.39 Å². The molecule has 0 radical (unpaired) electrons. The van der Waals surface area contributed by atoms with Gasteiger partial charge >= 0.3 is 0 Å². The molecule has 0 N–H and O–H groups in total. The molecule has 1 aliphatic rings. The van der Waals surface area contributed by atoms with Gasteiger partial charge in [0.05, 0.1) is 5.70 Å². The number of hydrogen-bond acceptors (Lipinski definition) is 1. The normalized spacial score (nSPS) is 18.5. The highest BCUT2D eigenvalue weighted by Gasteiger charge is 2.21. The van der Waals surface area contributed by atoms with Gasteiger partial charge in [-0.05, 0) is 38.2 Å². The summed E-state index contributed by atoms with van der Waals surface area (Å²) in [4.78, 5) is 4.06. The van der Waals surface area contributed by atoms with Gasteiger partial charge in [0.25, 0.3) is 0 Å². The van der Waals surface area contributed by atoms with Gasteiger partial charge in [-0.3, -0.25) is 4.99 Å². The third-order valence-corrected chi connectivity index (χ3v) is 2.40. The number of nitrogens with zero attached hydrogens (tertiary/aromatic N) is 1. The van der Waals surface area contributed by atoms with E-state index in [4.69, 9.17) is 0 Å². The lowest BCUT2D eigenvalue weighted by Crippen LogP contribution is -1.88. The molecule has 0 unspecified atom stereocenters. The van der Waals surface area contributed by atoms with E-state index < -0.39 is 0 Å². The van der Waals surface area contributed by atoms with Crippen molar-refractivity contribution in [1.82, 2.24) is 0 Å². The third-order valence-electron chi connectivity index (χ3n) is 2.40. The number of rotatable bonds is 5. The minimum Gasteiger partial charge on any atom is -0.263 e. The Hall–Kier alpha value is -0.920.